The van der Waals surface area contributed by atoms with Crippen molar-refractivity contribution in [1.82, 2.24) is 14.6 Å². The molecule has 260 valence electrons. The number of hydrogen-bond acceptors (Lipinski definition) is 10. The van der Waals surface area contributed by atoms with Crippen LogP contribution in [-0.2, 0) is 30.7 Å². The van der Waals surface area contributed by atoms with Crippen LogP contribution in [0.5, 0.6) is 0 Å². The van der Waals surface area contributed by atoms with Crippen molar-refractivity contribution >= 4 is 42.8 Å². The van der Waals surface area contributed by atoms with Gasteiger partial charge in [0.15, 0.2) is 11.4 Å². The number of nitrogens with zero attached hydrogens (tertiary/aromatic N) is 2. The van der Waals surface area contributed by atoms with Crippen molar-refractivity contribution in [2.75, 3.05) is 25.0 Å². The Balaban J connectivity index is 1.11. The summed E-state index contributed by atoms with van der Waals surface area (Å²) in [4.78, 5) is 17.9. The first kappa shape index (κ1) is 33.5. The van der Waals surface area contributed by atoms with E-state index < -0.39 is 52.5 Å². The molecule has 0 radical (unpaired) electrons. The van der Waals surface area contributed by atoms with Gasteiger partial charge in [0.2, 0.25) is 10.0 Å². The number of carbonyl (C=O) groups is 1. The maximum atomic E-state index is 14.2. The Morgan fingerprint density at radius 3 is 2.62 bits per heavy atom. The first-order valence-electron chi connectivity index (χ1n) is 16.5. The van der Waals surface area contributed by atoms with Gasteiger partial charge < -0.3 is 30.0 Å². The highest BCUT2D eigenvalue weighted by Crippen LogP contribution is 2.47. The minimum absolute atomic E-state index is 0.0247. The van der Waals surface area contributed by atoms with Crippen LogP contribution in [0.25, 0.3) is 10.2 Å². The number of halogens is 2. The van der Waals surface area contributed by atoms with Gasteiger partial charge in [-0.25, -0.2) is 27.0 Å². The second-order valence-electron chi connectivity index (χ2n) is 13.8. The fraction of sp³-hybridized carbons (Fsp3) is 0.576. The number of benzene rings is 2. The minimum atomic E-state index is -4.13. The number of aliphatic hydroxyl groups is 1. The summed E-state index contributed by atoms with van der Waals surface area (Å²) in [6, 6.07) is 6.96. The van der Waals surface area contributed by atoms with Gasteiger partial charge in [-0.2, -0.15) is 4.31 Å². The molecule has 15 heteroatoms. The largest absolute Gasteiger partial charge is 0.446 e. The molecule has 4 aliphatic rings. The number of hydrogen-bond donors (Lipinski definition) is 3. The second kappa shape index (κ2) is 13.4. The van der Waals surface area contributed by atoms with Crippen LogP contribution < -0.4 is 10.6 Å². The number of anilines is 1. The number of ether oxygens (including phenoxy) is 3. The van der Waals surface area contributed by atoms with Crippen LogP contribution in [0.4, 0.5) is 18.7 Å². The molecule has 2 unspecified atom stereocenters. The van der Waals surface area contributed by atoms with Crippen LogP contribution in [0.2, 0.25) is 0 Å². The molecule has 2 aliphatic heterocycles. The van der Waals surface area contributed by atoms with Crippen molar-refractivity contribution in [3.8, 4) is 0 Å². The number of alkyl carbamates (subject to hydrolysis) is 1. The molecule has 2 aromatic carbocycles. The van der Waals surface area contributed by atoms with Gasteiger partial charge >= 0.3 is 6.09 Å². The SMILES string of the molecule is CC(C)CN(C[C@@H](O)[C@H](Cc1cc(F)cc(F)c1)NC(=O)OC1CC2C[C@H]3[C@H](OC[C@@H]13)O2)S(=O)(=O)c1ccc2nc(NC3CC3)sc2c1. The zero-order chi connectivity index (χ0) is 33.7. The summed E-state index contributed by atoms with van der Waals surface area (Å²) in [5.74, 6) is -1.62. The Bertz CT molecular complexity index is 1750. The summed E-state index contributed by atoms with van der Waals surface area (Å²) in [5, 5.41) is 18.4. The third-order valence-electron chi connectivity index (χ3n) is 9.45. The van der Waals surface area contributed by atoms with E-state index >= 15 is 0 Å². The average Bonchev–Trinajstić information content (AvgIpc) is 3.42. The third kappa shape index (κ3) is 7.31. The standard InChI is InChI=1S/C33H40F2N4O7S2/c1-17(2)14-39(48(42,43)23-5-6-26-30(13-23)47-32(37-26)36-21-3-4-21)15-28(40)27(9-18-7-19(34)10-20(35)8-18)38-33(41)46-29-12-22-11-24-25(29)16-44-31(24)45-22/h5-8,10,13,17,21-22,24-25,27-29,31,40H,3-4,9,11-12,14-16H2,1-2H3,(H,36,37)(H,38,41)/t22?,24-,25-,27+,28-,29?,31-/m1/s1. The molecule has 4 fully saturated rings. The van der Waals surface area contributed by atoms with E-state index in [1.165, 1.54) is 21.7 Å². The topological polar surface area (TPSA) is 139 Å². The lowest BCUT2D eigenvalue weighted by Gasteiger charge is -2.33. The molecule has 2 aliphatic carbocycles. The molecule has 2 saturated carbocycles. The van der Waals surface area contributed by atoms with Gasteiger partial charge in [-0.3, -0.25) is 0 Å². The van der Waals surface area contributed by atoms with Gasteiger partial charge in [-0.1, -0.05) is 25.2 Å². The molecule has 7 atom stereocenters. The predicted octanol–water partition coefficient (Wildman–Crippen LogP) is 4.64. The summed E-state index contributed by atoms with van der Waals surface area (Å²) in [6.45, 7) is 3.81. The number of amides is 1. The quantitative estimate of drug-likeness (QED) is 0.232. The average molecular weight is 707 g/mol. The Labute approximate surface area is 282 Å². The second-order valence-corrected chi connectivity index (χ2v) is 16.8. The van der Waals surface area contributed by atoms with Gasteiger partial charge in [0.25, 0.3) is 0 Å². The number of rotatable bonds is 13. The molecular formula is C33H40F2N4O7S2. The van der Waals surface area contributed by atoms with E-state index in [2.05, 4.69) is 15.6 Å². The van der Waals surface area contributed by atoms with E-state index in [9.17, 15) is 27.1 Å². The highest BCUT2D eigenvalue weighted by molar-refractivity contribution is 7.89. The Morgan fingerprint density at radius 2 is 1.90 bits per heavy atom. The molecule has 3 aromatic rings. The fourth-order valence-electron chi connectivity index (χ4n) is 7.02. The van der Waals surface area contributed by atoms with E-state index in [0.717, 1.165) is 42.6 Å². The van der Waals surface area contributed by atoms with Crippen LogP contribution >= 0.6 is 11.3 Å². The van der Waals surface area contributed by atoms with Gasteiger partial charge in [0.1, 0.15) is 17.7 Å². The fourth-order valence-corrected chi connectivity index (χ4v) is 9.72. The number of thiazole rings is 1. The molecule has 0 spiro atoms. The Kier molecular flexibility index (Phi) is 9.36. The van der Waals surface area contributed by atoms with Crippen LogP contribution in [0.15, 0.2) is 41.3 Å². The lowest BCUT2D eigenvalue weighted by Crippen LogP contribution is -2.52. The Morgan fingerprint density at radius 1 is 1.12 bits per heavy atom. The summed E-state index contributed by atoms with van der Waals surface area (Å²) in [7, 11) is -4.13. The normalized spacial score (nSPS) is 26.3. The molecule has 3 heterocycles. The van der Waals surface area contributed by atoms with Crippen molar-refractivity contribution in [1.29, 1.82) is 0 Å². The molecule has 1 aromatic heterocycles. The van der Waals surface area contributed by atoms with Crippen LogP contribution in [0, 0.1) is 29.4 Å². The highest BCUT2D eigenvalue weighted by Gasteiger charge is 2.54. The summed E-state index contributed by atoms with van der Waals surface area (Å²) >= 11 is 1.38. The molecule has 3 N–H and O–H groups in total. The number of sulfonamides is 1. The van der Waals surface area contributed by atoms with Crippen LogP contribution in [0.3, 0.4) is 0 Å². The maximum Gasteiger partial charge on any atom is 0.407 e. The van der Waals surface area contributed by atoms with Crippen molar-refractivity contribution in [2.24, 2.45) is 17.8 Å². The van der Waals surface area contributed by atoms with E-state index in [-0.39, 0.29) is 53.6 Å². The van der Waals surface area contributed by atoms with E-state index in [1.54, 1.807) is 12.1 Å². The van der Waals surface area contributed by atoms with Gasteiger partial charge in [-0.15, -0.1) is 0 Å². The van der Waals surface area contributed by atoms with E-state index in [1.807, 2.05) is 13.8 Å². The van der Waals surface area contributed by atoms with Crippen LogP contribution in [-0.4, -0.2) is 85.3 Å². The molecule has 1 amide bonds. The van der Waals surface area contributed by atoms with Crippen molar-refractivity contribution in [3.05, 3.63) is 53.6 Å². The van der Waals surface area contributed by atoms with Gasteiger partial charge in [0.05, 0.1) is 40.0 Å². The first-order chi connectivity index (χ1) is 22.9. The van der Waals surface area contributed by atoms with Crippen molar-refractivity contribution < 1.29 is 41.3 Å². The van der Waals surface area contributed by atoms with Crippen molar-refractivity contribution in [2.45, 2.75) is 87.5 Å². The van der Waals surface area contributed by atoms with E-state index in [0.29, 0.717) is 29.3 Å². The minimum Gasteiger partial charge on any atom is -0.446 e. The lowest BCUT2D eigenvalue weighted by atomic mass is 9.79. The molecule has 7 rings (SSSR count). The highest BCUT2D eigenvalue weighted by atomic mass is 32.2. The molecule has 11 nitrogen and oxygen atoms in total. The summed E-state index contributed by atoms with van der Waals surface area (Å²) < 4.78 is 75.8. The molecule has 2 saturated heterocycles. The van der Waals surface area contributed by atoms with Crippen LogP contribution in [0.1, 0.15) is 45.1 Å². The zero-order valence-corrected chi connectivity index (χ0v) is 28.3. The van der Waals surface area contributed by atoms with Gasteiger partial charge in [0, 0.05) is 43.5 Å². The number of fused-ring (bicyclic) bond motifs is 2. The molecule has 2 bridgehead atoms. The molecule has 48 heavy (non-hydrogen) atoms. The number of aromatic nitrogens is 1. The monoisotopic (exact) mass is 706 g/mol. The van der Waals surface area contributed by atoms with Gasteiger partial charge in [-0.05, 0) is 67.5 Å². The number of nitrogens with one attached hydrogen (secondary N) is 2. The summed E-state index contributed by atoms with van der Waals surface area (Å²) in [5.41, 5.74) is 0.859. The lowest BCUT2D eigenvalue weighted by molar-refractivity contribution is -0.130. The maximum absolute atomic E-state index is 14.2. The smallest absolute Gasteiger partial charge is 0.407 e. The Hall–Kier alpha value is -2.95. The molecular weight excluding hydrogens is 667 g/mol. The summed E-state index contributed by atoms with van der Waals surface area (Å²) in [6.07, 6.45) is 0.206. The van der Waals surface area contributed by atoms with Crippen molar-refractivity contribution in [3.63, 3.8) is 0 Å². The zero-order valence-electron chi connectivity index (χ0n) is 26.7. The number of carbonyl (C=O) groups excluding carboxylic acids is 1. The first-order valence-corrected chi connectivity index (χ1v) is 18.7. The predicted molar refractivity (Wildman–Crippen MR) is 174 cm³/mol. The number of aliphatic hydroxyl groups excluding tert-OH is 1. The third-order valence-corrected chi connectivity index (χ3v) is 12.2. The van der Waals surface area contributed by atoms with E-state index in [4.69, 9.17) is 14.2 Å².